The summed E-state index contributed by atoms with van der Waals surface area (Å²) in [6.07, 6.45) is -0.0494. The van der Waals surface area contributed by atoms with Gasteiger partial charge in [0.2, 0.25) is 0 Å². The summed E-state index contributed by atoms with van der Waals surface area (Å²) in [6, 6.07) is 11.4. The molecular formula is C20H18FNO6. The number of aliphatic carboxylic acids is 1. The highest BCUT2D eigenvalue weighted by atomic mass is 19.1. The highest BCUT2D eigenvalue weighted by Crippen LogP contribution is 2.30. The number of carboxylic acid groups (broad SMARTS) is 1. The predicted octanol–water partition coefficient (Wildman–Crippen LogP) is 3.42. The number of ether oxygens (including phenoxy) is 1. The normalized spacial score (nSPS) is 12.9. The van der Waals surface area contributed by atoms with Gasteiger partial charge in [-0.15, -0.1) is 0 Å². The largest absolute Gasteiger partial charge is 0.505 e. The molecule has 8 heteroatoms. The average molecular weight is 387 g/mol. The zero-order valence-electron chi connectivity index (χ0n) is 14.8. The van der Waals surface area contributed by atoms with Crippen molar-refractivity contribution in [1.29, 1.82) is 0 Å². The zero-order chi connectivity index (χ0) is 20.7. The van der Waals surface area contributed by atoms with Crippen molar-refractivity contribution in [3.63, 3.8) is 0 Å². The molecule has 146 valence electrons. The zero-order valence-corrected chi connectivity index (χ0v) is 14.8. The van der Waals surface area contributed by atoms with Gasteiger partial charge in [0.25, 0.3) is 5.91 Å². The molecule has 2 aromatic carbocycles. The van der Waals surface area contributed by atoms with E-state index < -0.39 is 41.6 Å². The number of carbonyl (C=O) groups excluding carboxylic acids is 2. The molecule has 0 aliphatic heterocycles. The third-order valence-corrected chi connectivity index (χ3v) is 3.81. The molecule has 7 nitrogen and oxygen atoms in total. The number of nitrogens with one attached hydrogen (secondary N) is 1. The van der Waals surface area contributed by atoms with Gasteiger partial charge in [0.15, 0.2) is 11.6 Å². The monoisotopic (exact) mass is 387 g/mol. The highest BCUT2D eigenvalue weighted by Gasteiger charge is 2.24. The van der Waals surface area contributed by atoms with Crippen molar-refractivity contribution in [3.8, 4) is 5.75 Å². The maximum Gasteiger partial charge on any atom is 0.414 e. The van der Waals surface area contributed by atoms with Crippen molar-refractivity contribution in [1.82, 2.24) is 5.32 Å². The molecule has 0 aromatic heterocycles. The lowest BCUT2D eigenvalue weighted by Gasteiger charge is -2.22. The quantitative estimate of drug-likeness (QED) is 0.655. The topological polar surface area (TPSA) is 113 Å². The Kier molecular flexibility index (Phi) is 6.86. The standard InChI is InChI=1S/C20H18FNO6/c1-12(7-10-17(24)25)18(14-8-9-16(23)15(21)11-14)28-20(27)22-19(26)13-5-3-2-4-6-13/h2-12,18,23H,1H3,(H,24,25)(H,22,26,27)/b10-7+/t12-,18+/m0/s1. The van der Waals surface area contributed by atoms with Crippen LogP contribution in [0.2, 0.25) is 0 Å². The third kappa shape index (κ3) is 5.66. The van der Waals surface area contributed by atoms with Crippen LogP contribution in [0.1, 0.15) is 28.9 Å². The van der Waals surface area contributed by atoms with Gasteiger partial charge in [0.1, 0.15) is 6.10 Å². The number of halogens is 1. The molecule has 2 rings (SSSR count). The van der Waals surface area contributed by atoms with E-state index in [1.807, 2.05) is 0 Å². The van der Waals surface area contributed by atoms with Crippen molar-refractivity contribution in [2.75, 3.05) is 0 Å². The number of amides is 2. The molecule has 0 spiro atoms. The molecule has 2 atom stereocenters. The molecule has 2 amide bonds. The molecule has 0 heterocycles. The maximum absolute atomic E-state index is 13.7. The van der Waals surface area contributed by atoms with Crippen molar-refractivity contribution in [3.05, 3.63) is 77.6 Å². The highest BCUT2D eigenvalue weighted by molar-refractivity contribution is 6.02. The Balaban J connectivity index is 2.20. The van der Waals surface area contributed by atoms with Crippen molar-refractivity contribution in [2.45, 2.75) is 13.0 Å². The number of hydrogen-bond donors (Lipinski definition) is 3. The van der Waals surface area contributed by atoms with Crippen LogP contribution in [0.5, 0.6) is 5.75 Å². The average Bonchev–Trinajstić information content (AvgIpc) is 2.67. The molecule has 0 saturated carbocycles. The minimum atomic E-state index is -1.20. The smallest absolute Gasteiger partial charge is 0.414 e. The fraction of sp³-hybridized carbons (Fsp3) is 0.150. The Morgan fingerprint density at radius 2 is 1.82 bits per heavy atom. The van der Waals surface area contributed by atoms with Crippen LogP contribution < -0.4 is 5.32 Å². The van der Waals surface area contributed by atoms with Gasteiger partial charge in [0.05, 0.1) is 0 Å². The Labute approximate surface area is 160 Å². The number of alkyl carbamates (subject to hydrolysis) is 1. The molecule has 28 heavy (non-hydrogen) atoms. The van der Waals surface area contributed by atoms with Crippen LogP contribution in [0.3, 0.4) is 0 Å². The minimum absolute atomic E-state index is 0.181. The van der Waals surface area contributed by atoms with E-state index in [-0.39, 0.29) is 11.1 Å². The number of benzene rings is 2. The second-order valence-corrected chi connectivity index (χ2v) is 5.91. The van der Waals surface area contributed by atoms with E-state index in [1.165, 1.54) is 24.3 Å². The summed E-state index contributed by atoms with van der Waals surface area (Å²) in [5.41, 5.74) is 0.422. The van der Waals surface area contributed by atoms with Crippen LogP contribution in [0.4, 0.5) is 9.18 Å². The summed E-state index contributed by atoms with van der Waals surface area (Å²) in [7, 11) is 0. The van der Waals surface area contributed by atoms with Gasteiger partial charge in [-0.05, 0) is 29.8 Å². The molecular weight excluding hydrogens is 369 g/mol. The lowest BCUT2D eigenvalue weighted by molar-refractivity contribution is -0.131. The van der Waals surface area contributed by atoms with Crippen LogP contribution in [0.15, 0.2) is 60.7 Å². The number of phenols is 1. The second-order valence-electron chi connectivity index (χ2n) is 5.91. The summed E-state index contributed by atoms with van der Waals surface area (Å²) in [6.45, 7) is 1.56. The number of hydrogen-bond acceptors (Lipinski definition) is 5. The Morgan fingerprint density at radius 3 is 2.43 bits per heavy atom. The Morgan fingerprint density at radius 1 is 1.14 bits per heavy atom. The summed E-state index contributed by atoms with van der Waals surface area (Å²) >= 11 is 0. The molecule has 0 unspecified atom stereocenters. The first-order valence-corrected chi connectivity index (χ1v) is 8.24. The third-order valence-electron chi connectivity index (χ3n) is 3.81. The van der Waals surface area contributed by atoms with Crippen LogP contribution in [-0.2, 0) is 9.53 Å². The van der Waals surface area contributed by atoms with E-state index in [0.29, 0.717) is 0 Å². The molecule has 0 aliphatic carbocycles. The van der Waals surface area contributed by atoms with E-state index >= 15 is 0 Å². The lowest BCUT2D eigenvalue weighted by Crippen LogP contribution is -2.33. The van der Waals surface area contributed by atoms with Gasteiger partial charge < -0.3 is 14.9 Å². The van der Waals surface area contributed by atoms with Gasteiger partial charge >= 0.3 is 12.1 Å². The molecule has 3 N–H and O–H groups in total. The molecule has 0 aliphatic rings. The summed E-state index contributed by atoms with van der Waals surface area (Å²) in [5, 5.41) is 20.2. The number of phenolic OH excluding ortho intramolecular Hbond substituents is 1. The van der Waals surface area contributed by atoms with E-state index in [4.69, 9.17) is 9.84 Å². The lowest BCUT2D eigenvalue weighted by atomic mass is 9.96. The van der Waals surface area contributed by atoms with Crippen LogP contribution >= 0.6 is 0 Å². The molecule has 0 fully saturated rings. The van der Waals surface area contributed by atoms with Gasteiger partial charge in [-0.1, -0.05) is 37.3 Å². The van der Waals surface area contributed by atoms with Gasteiger partial charge in [-0.2, -0.15) is 0 Å². The second kappa shape index (κ2) is 9.31. The van der Waals surface area contributed by atoms with Gasteiger partial charge in [-0.25, -0.2) is 14.0 Å². The van der Waals surface area contributed by atoms with Gasteiger partial charge in [0, 0.05) is 17.6 Å². The summed E-state index contributed by atoms with van der Waals surface area (Å²) in [4.78, 5) is 35.0. The van der Waals surface area contributed by atoms with E-state index in [9.17, 15) is 23.9 Å². The summed E-state index contributed by atoms with van der Waals surface area (Å²) in [5.74, 6) is -4.07. The predicted molar refractivity (Wildman–Crippen MR) is 97.1 cm³/mol. The number of aromatic hydroxyl groups is 1. The molecule has 2 aromatic rings. The Hall–Kier alpha value is -3.68. The van der Waals surface area contributed by atoms with Crippen LogP contribution in [0.25, 0.3) is 0 Å². The molecule has 0 bridgehead atoms. The minimum Gasteiger partial charge on any atom is -0.505 e. The Bertz CT molecular complexity index is 897. The molecule has 0 saturated heterocycles. The number of carboxylic acids is 1. The van der Waals surface area contributed by atoms with Crippen molar-refractivity contribution >= 4 is 18.0 Å². The van der Waals surface area contributed by atoms with Crippen LogP contribution in [-0.4, -0.2) is 28.2 Å². The number of rotatable bonds is 6. The van der Waals surface area contributed by atoms with Crippen molar-refractivity contribution < 1.29 is 33.7 Å². The van der Waals surface area contributed by atoms with Crippen LogP contribution in [0, 0.1) is 11.7 Å². The van der Waals surface area contributed by atoms with Gasteiger partial charge in [-0.3, -0.25) is 10.1 Å². The maximum atomic E-state index is 13.7. The molecule has 0 radical (unpaired) electrons. The van der Waals surface area contributed by atoms with E-state index in [1.54, 1.807) is 25.1 Å². The van der Waals surface area contributed by atoms with E-state index in [0.717, 1.165) is 18.2 Å². The van der Waals surface area contributed by atoms with Crippen molar-refractivity contribution in [2.24, 2.45) is 5.92 Å². The first-order chi connectivity index (χ1) is 13.3. The van der Waals surface area contributed by atoms with E-state index in [2.05, 4.69) is 5.32 Å². The number of carbonyl (C=O) groups is 3. The first kappa shape index (κ1) is 20.6. The number of imide groups is 1. The SMILES string of the molecule is C[C@@H](/C=C/C(=O)O)[C@@H](OC(=O)NC(=O)c1ccccc1)c1ccc(O)c(F)c1. The fourth-order valence-electron chi connectivity index (χ4n) is 2.41. The summed E-state index contributed by atoms with van der Waals surface area (Å²) < 4.78 is 19.0. The first-order valence-electron chi connectivity index (χ1n) is 8.24. The fourth-order valence-corrected chi connectivity index (χ4v) is 2.41.